The van der Waals surface area contributed by atoms with Crippen molar-refractivity contribution in [1.82, 2.24) is 0 Å². The largest absolute Gasteiger partial charge is 0.303 e. The summed E-state index contributed by atoms with van der Waals surface area (Å²) in [6, 6.07) is 0. The first-order valence-electron chi connectivity index (χ1n) is 5.63. The lowest BCUT2D eigenvalue weighted by Gasteiger charge is -2.39. The van der Waals surface area contributed by atoms with Crippen molar-refractivity contribution in [3.05, 3.63) is 12.2 Å². The molecule has 2 nitrogen and oxygen atoms in total. The van der Waals surface area contributed by atoms with Gasteiger partial charge in [-0.1, -0.05) is 26.0 Å². The molecular formula is C13H20O2. The highest BCUT2D eigenvalue weighted by molar-refractivity contribution is 5.75. The molecule has 0 unspecified atom stereocenters. The van der Waals surface area contributed by atoms with Crippen LogP contribution in [0.25, 0.3) is 0 Å². The predicted octanol–water partition coefficient (Wildman–Crippen LogP) is 2.77. The second-order valence-electron chi connectivity index (χ2n) is 4.90. The van der Waals surface area contributed by atoms with Crippen LogP contribution in [-0.2, 0) is 9.59 Å². The normalized spacial score (nSPS) is 35.1. The van der Waals surface area contributed by atoms with E-state index in [1.165, 1.54) is 0 Å². The van der Waals surface area contributed by atoms with Crippen LogP contribution in [0.15, 0.2) is 12.2 Å². The summed E-state index contributed by atoms with van der Waals surface area (Å²) >= 11 is 0. The molecule has 1 rings (SSSR count). The van der Waals surface area contributed by atoms with Crippen molar-refractivity contribution < 1.29 is 9.59 Å². The third-order valence-electron chi connectivity index (χ3n) is 3.78. The van der Waals surface area contributed by atoms with Crippen molar-refractivity contribution in [1.29, 1.82) is 0 Å². The summed E-state index contributed by atoms with van der Waals surface area (Å²) in [5.41, 5.74) is -0.287. The Morgan fingerprint density at radius 3 is 2.80 bits per heavy atom. The van der Waals surface area contributed by atoms with Crippen LogP contribution in [0.4, 0.5) is 0 Å². The van der Waals surface area contributed by atoms with Crippen LogP contribution in [0.1, 0.15) is 40.0 Å². The van der Waals surface area contributed by atoms with Gasteiger partial charge in [-0.25, -0.2) is 0 Å². The number of rotatable bonds is 4. The highest BCUT2D eigenvalue weighted by Crippen LogP contribution is 2.42. The SMILES string of the molecule is CC(=O)CC[C@@H]1C=CC[C@H](C)[C@@]1(C)C=O. The fourth-order valence-electron chi connectivity index (χ4n) is 2.24. The molecule has 84 valence electrons. The number of carbonyl (C=O) groups excluding carboxylic acids is 2. The second-order valence-corrected chi connectivity index (χ2v) is 4.90. The number of carbonyl (C=O) groups is 2. The number of aldehydes is 1. The minimum absolute atomic E-state index is 0.204. The number of allylic oxidation sites excluding steroid dienone is 2. The summed E-state index contributed by atoms with van der Waals surface area (Å²) in [5.74, 6) is 0.800. The lowest BCUT2D eigenvalue weighted by molar-refractivity contribution is -0.122. The first-order valence-corrected chi connectivity index (χ1v) is 5.63. The molecule has 0 amide bonds. The van der Waals surface area contributed by atoms with Gasteiger partial charge in [-0.2, -0.15) is 0 Å². The van der Waals surface area contributed by atoms with Gasteiger partial charge in [0.05, 0.1) is 0 Å². The summed E-state index contributed by atoms with van der Waals surface area (Å²) in [6.07, 6.45) is 7.66. The van der Waals surface area contributed by atoms with Crippen molar-refractivity contribution >= 4 is 12.1 Å². The van der Waals surface area contributed by atoms with E-state index in [1.807, 2.05) is 6.92 Å². The Labute approximate surface area is 91.7 Å². The van der Waals surface area contributed by atoms with Crippen molar-refractivity contribution in [3.63, 3.8) is 0 Å². The van der Waals surface area contributed by atoms with Crippen molar-refractivity contribution in [2.75, 3.05) is 0 Å². The molecule has 2 heteroatoms. The molecule has 1 aliphatic carbocycles. The summed E-state index contributed by atoms with van der Waals surface area (Å²) in [5, 5.41) is 0. The quantitative estimate of drug-likeness (QED) is 0.526. The van der Waals surface area contributed by atoms with Crippen LogP contribution in [0.5, 0.6) is 0 Å². The molecule has 0 spiro atoms. The van der Waals surface area contributed by atoms with Crippen molar-refractivity contribution in [2.45, 2.75) is 40.0 Å². The van der Waals surface area contributed by atoms with Gasteiger partial charge >= 0.3 is 0 Å². The van der Waals surface area contributed by atoms with Crippen LogP contribution < -0.4 is 0 Å². The monoisotopic (exact) mass is 208 g/mol. The topological polar surface area (TPSA) is 34.1 Å². The molecule has 0 aromatic rings. The highest BCUT2D eigenvalue weighted by atomic mass is 16.1. The molecular weight excluding hydrogens is 188 g/mol. The van der Waals surface area contributed by atoms with Crippen LogP contribution in [0, 0.1) is 17.3 Å². The maximum absolute atomic E-state index is 11.2. The smallest absolute Gasteiger partial charge is 0.129 e. The average Bonchev–Trinajstić information content (AvgIpc) is 2.20. The van der Waals surface area contributed by atoms with E-state index in [0.717, 1.165) is 19.1 Å². The molecule has 0 bridgehead atoms. The van der Waals surface area contributed by atoms with E-state index >= 15 is 0 Å². The molecule has 15 heavy (non-hydrogen) atoms. The Morgan fingerprint density at radius 2 is 2.27 bits per heavy atom. The van der Waals surface area contributed by atoms with Crippen molar-refractivity contribution in [3.8, 4) is 0 Å². The molecule has 1 aliphatic rings. The van der Waals surface area contributed by atoms with Gasteiger partial charge in [0, 0.05) is 11.8 Å². The predicted molar refractivity (Wildman–Crippen MR) is 60.5 cm³/mol. The lowest BCUT2D eigenvalue weighted by atomic mass is 9.64. The summed E-state index contributed by atoms with van der Waals surface area (Å²) in [6.45, 7) is 5.73. The third kappa shape index (κ3) is 2.55. The molecule has 3 atom stereocenters. The van der Waals surface area contributed by atoms with Gasteiger partial charge in [0.15, 0.2) is 0 Å². The lowest BCUT2D eigenvalue weighted by Crippen LogP contribution is -2.37. The maximum atomic E-state index is 11.2. The Kier molecular flexibility index (Phi) is 3.83. The van der Waals surface area contributed by atoms with E-state index < -0.39 is 0 Å². The fraction of sp³-hybridized carbons (Fsp3) is 0.692. The molecule has 0 heterocycles. The Bertz CT molecular complexity index is 280. The van der Waals surface area contributed by atoms with E-state index in [2.05, 4.69) is 19.1 Å². The van der Waals surface area contributed by atoms with Gasteiger partial charge in [-0.15, -0.1) is 0 Å². The van der Waals surface area contributed by atoms with Gasteiger partial charge in [0.25, 0.3) is 0 Å². The minimum Gasteiger partial charge on any atom is -0.303 e. The maximum Gasteiger partial charge on any atom is 0.129 e. The zero-order chi connectivity index (χ0) is 11.5. The zero-order valence-corrected chi connectivity index (χ0v) is 9.82. The second kappa shape index (κ2) is 4.73. The average molecular weight is 208 g/mol. The Balaban J connectivity index is 2.75. The first kappa shape index (κ1) is 12.2. The van der Waals surface area contributed by atoms with Gasteiger partial charge in [0.1, 0.15) is 12.1 Å². The van der Waals surface area contributed by atoms with Crippen molar-refractivity contribution in [2.24, 2.45) is 17.3 Å². The molecule has 0 aliphatic heterocycles. The van der Waals surface area contributed by atoms with Gasteiger partial charge < -0.3 is 9.59 Å². The van der Waals surface area contributed by atoms with Gasteiger partial charge in [-0.05, 0) is 31.6 Å². The molecule has 0 aromatic carbocycles. The molecule has 0 saturated heterocycles. The van der Waals surface area contributed by atoms with Crippen LogP contribution >= 0.6 is 0 Å². The number of hydrogen-bond donors (Lipinski definition) is 0. The number of ketones is 1. The Hall–Kier alpha value is -0.920. The van der Waals surface area contributed by atoms with E-state index in [9.17, 15) is 9.59 Å². The molecule has 0 N–H and O–H groups in total. The number of hydrogen-bond acceptors (Lipinski definition) is 2. The molecule has 0 aromatic heterocycles. The fourth-order valence-corrected chi connectivity index (χ4v) is 2.24. The van der Waals surface area contributed by atoms with Gasteiger partial charge in [-0.3, -0.25) is 0 Å². The zero-order valence-electron chi connectivity index (χ0n) is 9.82. The first-order chi connectivity index (χ1) is 7.00. The van der Waals surface area contributed by atoms with Crippen LogP contribution in [0.3, 0.4) is 0 Å². The van der Waals surface area contributed by atoms with Gasteiger partial charge in [0.2, 0.25) is 0 Å². The van der Waals surface area contributed by atoms with E-state index in [0.29, 0.717) is 12.3 Å². The van der Waals surface area contributed by atoms with E-state index in [1.54, 1.807) is 6.92 Å². The summed E-state index contributed by atoms with van der Waals surface area (Å²) in [7, 11) is 0. The van der Waals surface area contributed by atoms with E-state index in [4.69, 9.17) is 0 Å². The van der Waals surface area contributed by atoms with Crippen LogP contribution in [-0.4, -0.2) is 12.1 Å². The number of Topliss-reactive ketones (excluding diaryl/α,β-unsaturated/α-hetero) is 1. The summed E-state index contributed by atoms with van der Waals surface area (Å²) < 4.78 is 0. The van der Waals surface area contributed by atoms with Crippen LogP contribution in [0.2, 0.25) is 0 Å². The molecule has 0 saturated carbocycles. The molecule has 0 radical (unpaired) electrons. The molecule has 0 fully saturated rings. The highest BCUT2D eigenvalue weighted by Gasteiger charge is 2.39. The standard InChI is InChI=1S/C13H20O2/c1-10-5-4-6-12(8-7-11(2)15)13(10,3)9-14/h4,6,9-10,12H,5,7-8H2,1-3H3/t10-,12-,13+/m0/s1. The Morgan fingerprint density at radius 1 is 1.60 bits per heavy atom. The van der Waals surface area contributed by atoms with E-state index in [-0.39, 0.29) is 17.1 Å². The third-order valence-corrected chi connectivity index (χ3v) is 3.78. The minimum atomic E-state index is -0.287. The summed E-state index contributed by atoms with van der Waals surface area (Å²) in [4.78, 5) is 22.2.